The number of nitro groups is 1. The van der Waals surface area contributed by atoms with Crippen LogP contribution in [-0.2, 0) is 0 Å². The Hall–Kier alpha value is -3.54. The number of allylic oxidation sites excluding steroid dienone is 1. The van der Waals surface area contributed by atoms with Gasteiger partial charge in [0.15, 0.2) is 0 Å². The zero-order valence-electron chi connectivity index (χ0n) is 15.5. The first-order valence-corrected chi connectivity index (χ1v) is 9.44. The Kier molecular flexibility index (Phi) is 4.86. The number of rotatable bonds is 3. The van der Waals surface area contributed by atoms with Crippen LogP contribution in [0, 0.1) is 28.4 Å². The maximum Gasteiger partial charge on any atom is 0.269 e. The van der Waals surface area contributed by atoms with Gasteiger partial charge in [-0.3, -0.25) is 10.1 Å². The second-order valence-electron chi connectivity index (χ2n) is 6.58. The van der Waals surface area contributed by atoms with Gasteiger partial charge < -0.3 is 10.5 Å². The number of fused-ring (bicyclic) bond motifs is 1. The lowest BCUT2D eigenvalue weighted by Crippen LogP contribution is -2.22. The molecule has 2 N–H and O–H groups in total. The van der Waals surface area contributed by atoms with E-state index in [-0.39, 0.29) is 22.2 Å². The molecule has 4 rings (SSSR count). The Morgan fingerprint density at radius 3 is 2.73 bits per heavy atom. The second-order valence-corrected chi connectivity index (χ2v) is 7.43. The average Bonchev–Trinajstić information content (AvgIpc) is 3.03. The Bertz CT molecular complexity index is 1280. The number of aromatic nitrogens is 2. The molecule has 0 bridgehead atoms. The highest BCUT2D eigenvalue weighted by atomic mass is 35.5. The summed E-state index contributed by atoms with van der Waals surface area (Å²) in [7, 11) is 0. The Morgan fingerprint density at radius 1 is 1.30 bits per heavy atom. The zero-order chi connectivity index (χ0) is 21.6. The third kappa shape index (κ3) is 3.14. The van der Waals surface area contributed by atoms with E-state index in [4.69, 9.17) is 33.7 Å². The minimum absolute atomic E-state index is 0.0960. The highest BCUT2D eigenvalue weighted by Gasteiger charge is 2.37. The van der Waals surface area contributed by atoms with Crippen LogP contribution in [0.1, 0.15) is 22.7 Å². The van der Waals surface area contributed by atoms with Crippen molar-refractivity contribution in [2.24, 2.45) is 5.73 Å². The lowest BCUT2D eigenvalue weighted by molar-refractivity contribution is -0.384. The molecule has 0 fully saturated rings. The number of hydrogen-bond acceptors (Lipinski definition) is 6. The topological polar surface area (TPSA) is 120 Å². The van der Waals surface area contributed by atoms with E-state index in [0.717, 1.165) is 0 Å². The number of nitrogens with two attached hydrogens (primary N) is 1. The van der Waals surface area contributed by atoms with Gasteiger partial charge in [0.25, 0.3) is 5.69 Å². The molecular formula is C20H13Cl2N5O3. The summed E-state index contributed by atoms with van der Waals surface area (Å²) >= 11 is 12.5. The van der Waals surface area contributed by atoms with Crippen LogP contribution in [0.2, 0.25) is 10.0 Å². The molecule has 2 aromatic carbocycles. The third-order valence-electron chi connectivity index (χ3n) is 4.79. The fourth-order valence-corrected chi connectivity index (χ4v) is 3.89. The minimum atomic E-state index is -0.779. The van der Waals surface area contributed by atoms with Crippen molar-refractivity contribution in [2.45, 2.75) is 12.8 Å². The van der Waals surface area contributed by atoms with Crippen molar-refractivity contribution < 1.29 is 9.66 Å². The standard InChI is InChI=1S/C20H13Cl2N5O3/c1-10-17-18(14-8-13(27(28)29)5-6-16(14)22)15(9-23)19(24)30-20(17)26(25-10)12-4-2-3-11(21)7-12/h2-8,18H,24H2,1H3/t18-/m0/s1. The van der Waals surface area contributed by atoms with E-state index in [2.05, 4.69) is 5.10 Å². The maximum absolute atomic E-state index is 11.3. The number of nitrogens with zero attached hydrogens (tertiary/aromatic N) is 4. The molecule has 1 aromatic heterocycles. The molecule has 30 heavy (non-hydrogen) atoms. The van der Waals surface area contributed by atoms with Crippen LogP contribution in [0.3, 0.4) is 0 Å². The number of halogens is 2. The van der Waals surface area contributed by atoms with Gasteiger partial charge in [-0.05, 0) is 36.8 Å². The number of hydrogen-bond donors (Lipinski definition) is 1. The smallest absolute Gasteiger partial charge is 0.269 e. The van der Waals surface area contributed by atoms with Crippen molar-refractivity contribution in [2.75, 3.05) is 0 Å². The van der Waals surface area contributed by atoms with Crippen molar-refractivity contribution in [3.05, 3.63) is 90.9 Å². The number of non-ortho nitro benzene ring substituents is 1. The van der Waals surface area contributed by atoms with Crippen LogP contribution in [0.25, 0.3) is 5.69 Å². The Morgan fingerprint density at radius 2 is 2.07 bits per heavy atom. The molecule has 0 radical (unpaired) electrons. The summed E-state index contributed by atoms with van der Waals surface area (Å²) in [4.78, 5) is 10.8. The number of ether oxygens (including phenoxy) is 1. The van der Waals surface area contributed by atoms with Gasteiger partial charge in [-0.2, -0.15) is 10.4 Å². The highest BCUT2D eigenvalue weighted by molar-refractivity contribution is 6.31. The predicted octanol–water partition coefficient (Wildman–Crippen LogP) is 4.61. The van der Waals surface area contributed by atoms with Crippen molar-refractivity contribution in [3.8, 4) is 17.6 Å². The summed E-state index contributed by atoms with van der Waals surface area (Å²) < 4.78 is 7.29. The Labute approximate surface area is 180 Å². The number of nitro benzene ring substituents is 1. The van der Waals surface area contributed by atoms with Gasteiger partial charge in [0.05, 0.1) is 27.8 Å². The van der Waals surface area contributed by atoms with E-state index in [1.54, 1.807) is 31.2 Å². The molecular weight excluding hydrogens is 429 g/mol. The third-order valence-corrected chi connectivity index (χ3v) is 5.37. The van der Waals surface area contributed by atoms with Gasteiger partial charge >= 0.3 is 0 Å². The van der Waals surface area contributed by atoms with E-state index >= 15 is 0 Å². The quantitative estimate of drug-likeness (QED) is 0.467. The fourth-order valence-electron chi connectivity index (χ4n) is 3.47. The van der Waals surface area contributed by atoms with Gasteiger partial charge in [0.2, 0.25) is 11.8 Å². The summed E-state index contributed by atoms with van der Waals surface area (Å²) in [5.41, 5.74) is 8.09. The monoisotopic (exact) mass is 441 g/mol. The molecule has 8 nitrogen and oxygen atoms in total. The van der Waals surface area contributed by atoms with Crippen molar-refractivity contribution in [1.82, 2.24) is 9.78 Å². The number of benzene rings is 2. The van der Waals surface area contributed by atoms with E-state index < -0.39 is 10.8 Å². The molecule has 150 valence electrons. The van der Waals surface area contributed by atoms with Crippen LogP contribution in [0.4, 0.5) is 5.69 Å². The van der Waals surface area contributed by atoms with Gasteiger partial charge in [-0.1, -0.05) is 29.3 Å². The van der Waals surface area contributed by atoms with Crippen molar-refractivity contribution in [3.63, 3.8) is 0 Å². The van der Waals surface area contributed by atoms with Crippen LogP contribution in [0.5, 0.6) is 5.88 Å². The largest absolute Gasteiger partial charge is 0.422 e. The molecule has 1 atom stereocenters. The molecule has 10 heteroatoms. The summed E-state index contributed by atoms with van der Waals surface area (Å²) in [6, 6.07) is 13.1. The summed E-state index contributed by atoms with van der Waals surface area (Å²) in [6.07, 6.45) is 0. The van der Waals surface area contributed by atoms with E-state index in [9.17, 15) is 15.4 Å². The van der Waals surface area contributed by atoms with Crippen LogP contribution >= 0.6 is 23.2 Å². The van der Waals surface area contributed by atoms with Crippen molar-refractivity contribution >= 4 is 28.9 Å². The first-order valence-electron chi connectivity index (χ1n) is 8.68. The number of nitriles is 1. The second kappa shape index (κ2) is 7.37. The average molecular weight is 442 g/mol. The fraction of sp³-hybridized carbons (Fsp3) is 0.100. The normalized spacial score (nSPS) is 15.3. The predicted molar refractivity (Wildman–Crippen MR) is 111 cm³/mol. The van der Waals surface area contributed by atoms with Crippen LogP contribution in [-0.4, -0.2) is 14.7 Å². The molecule has 1 aliphatic heterocycles. The molecule has 0 unspecified atom stereocenters. The van der Waals surface area contributed by atoms with E-state index in [0.29, 0.717) is 33.4 Å². The van der Waals surface area contributed by atoms with Gasteiger partial charge in [0, 0.05) is 22.2 Å². The molecule has 0 saturated carbocycles. The maximum atomic E-state index is 11.3. The van der Waals surface area contributed by atoms with Crippen molar-refractivity contribution in [1.29, 1.82) is 5.26 Å². The van der Waals surface area contributed by atoms with Gasteiger partial charge in [-0.25, -0.2) is 4.68 Å². The first-order chi connectivity index (χ1) is 14.3. The van der Waals surface area contributed by atoms with Gasteiger partial charge in [-0.15, -0.1) is 0 Å². The summed E-state index contributed by atoms with van der Waals surface area (Å²) in [5, 5.41) is 26.3. The molecule has 1 aliphatic rings. The highest BCUT2D eigenvalue weighted by Crippen LogP contribution is 2.47. The molecule has 0 saturated heterocycles. The van der Waals surface area contributed by atoms with Crippen LogP contribution < -0.4 is 10.5 Å². The zero-order valence-corrected chi connectivity index (χ0v) is 17.0. The summed E-state index contributed by atoms with van der Waals surface area (Å²) in [6.45, 7) is 1.75. The minimum Gasteiger partial charge on any atom is -0.422 e. The molecule has 2 heterocycles. The summed E-state index contributed by atoms with van der Waals surface area (Å²) in [5.74, 6) is -0.612. The number of aryl methyl sites for hydroxylation is 1. The lowest BCUT2D eigenvalue weighted by atomic mass is 9.84. The molecule has 3 aromatic rings. The van der Waals surface area contributed by atoms with Gasteiger partial charge in [0.1, 0.15) is 11.6 Å². The molecule has 0 spiro atoms. The Balaban J connectivity index is 1.99. The van der Waals surface area contributed by atoms with E-state index in [1.165, 1.54) is 22.9 Å². The first kappa shape index (κ1) is 19.8. The van der Waals surface area contributed by atoms with E-state index in [1.807, 2.05) is 6.07 Å². The lowest BCUT2D eigenvalue weighted by Gasteiger charge is -2.25. The molecule has 0 aliphatic carbocycles. The van der Waals surface area contributed by atoms with Crippen LogP contribution in [0.15, 0.2) is 53.9 Å². The SMILES string of the molecule is Cc1nn(-c2cccc(Cl)c2)c2c1[C@@H](c1cc([N+](=O)[O-])ccc1Cl)C(C#N)=C(N)O2. The molecule has 0 amide bonds.